The van der Waals surface area contributed by atoms with Gasteiger partial charge < -0.3 is 10.4 Å². The van der Waals surface area contributed by atoms with Gasteiger partial charge in [-0.15, -0.1) is 0 Å². The number of aliphatic carboxylic acids is 1. The highest BCUT2D eigenvalue weighted by molar-refractivity contribution is 5.94. The van der Waals surface area contributed by atoms with Crippen LogP contribution in [0.3, 0.4) is 0 Å². The van der Waals surface area contributed by atoms with Crippen molar-refractivity contribution in [2.45, 2.75) is 27.7 Å². The van der Waals surface area contributed by atoms with Gasteiger partial charge in [-0.1, -0.05) is 26.8 Å². The molecule has 1 aromatic rings. The zero-order chi connectivity index (χ0) is 14.6. The van der Waals surface area contributed by atoms with Crippen LogP contribution in [0.2, 0.25) is 0 Å². The third-order valence-corrected chi connectivity index (χ3v) is 2.61. The third-order valence-electron chi connectivity index (χ3n) is 2.61. The van der Waals surface area contributed by atoms with E-state index in [0.29, 0.717) is 5.69 Å². The van der Waals surface area contributed by atoms with Crippen molar-refractivity contribution in [1.82, 2.24) is 0 Å². The number of aryl methyl sites for hydroxylation is 1. The molecular weight excluding hydrogens is 242 g/mol. The quantitative estimate of drug-likeness (QED) is 0.822. The number of anilines is 1. The van der Waals surface area contributed by atoms with Crippen LogP contribution in [0.1, 0.15) is 31.9 Å². The van der Waals surface area contributed by atoms with E-state index < -0.39 is 11.4 Å². The highest BCUT2D eigenvalue weighted by atomic mass is 16.4. The number of carbonyl (C=O) groups excluding carboxylic acids is 1. The molecule has 0 aliphatic heterocycles. The minimum atomic E-state index is -0.982. The van der Waals surface area contributed by atoms with Gasteiger partial charge in [0.1, 0.15) is 0 Å². The second-order valence-corrected chi connectivity index (χ2v) is 5.45. The van der Waals surface area contributed by atoms with Crippen molar-refractivity contribution in [3.05, 3.63) is 35.4 Å². The van der Waals surface area contributed by atoms with Gasteiger partial charge in [-0.2, -0.15) is 0 Å². The molecule has 0 aliphatic rings. The molecule has 4 heteroatoms. The summed E-state index contributed by atoms with van der Waals surface area (Å²) in [6, 6.07) is 5.37. The van der Waals surface area contributed by atoms with E-state index in [0.717, 1.165) is 17.2 Å². The normalized spacial score (nSPS) is 11.6. The highest BCUT2D eigenvalue weighted by Crippen LogP contribution is 2.20. The van der Waals surface area contributed by atoms with Crippen LogP contribution in [0.15, 0.2) is 24.3 Å². The van der Waals surface area contributed by atoms with Crippen LogP contribution >= 0.6 is 0 Å². The molecule has 1 amide bonds. The van der Waals surface area contributed by atoms with Crippen molar-refractivity contribution in [2.24, 2.45) is 5.41 Å². The van der Waals surface area contributed by atoms with E-state index in [1.807, 2.05) is 33.8 Å². The van der Waals surface area contributed by atoms with E-state index in [1.54, 1.807) is 12.1 Å². The number of carboxylic acid groups (broad SMARTS) is 1. The standard InChI is InChI=1S/C15H19NO3/c1-10-9-12(16-14(19)15(2,3)4)7-5-11(10)6-8-13(17)18/h5-9H,1-4H3,(H,16,19)(H,17,18). The van der Waals surface area contributed by atoms with Crippen molar-refractivity contribution in [2.75, 3.05) is 5.32 Å². The fourth-order valence-electron chi connectivity index (χ4n) is 1.42. The highest BCUT2D eigenvalue weighted by Gasteiger charge is 2.21. The number of carboxylic acids is 1. The molecule has 0 heterocycles. The lowest BCUT2D eigenvalue weighted by molar-refractivity contribution is -0.131. The van der Waals surface area contributed by atoms with Crippen molar-refractivity contribution in [1.29, 1.82) is 0 Å². The van der Waals surface area contributed by atoms with Crippen molar-refractivity contribution in [3.8, 4) is 0 Å². The summed E-state index contributed by atoms with van der Waals surface area (Å²) in [5.41, 5.74) is 1.99. The summed E-state index contributed by atoms with van der Waals surface area (Å²) in [4.78, 5) is 22.3. The molecule has 0 atom stereocenters. The molecule has 0 bridgehead atoms. The van der Waals surface area contributed by atoms with E-state index in [1.165, 1.54) is 6.08 Å². The Kier molecular flexibility index (Phi) is 4.48. The number of nitrogens with one attached hydrogen (secondary N) is 1. The zero-order valence-electron chi connectivity index (χ0n) is 11.7. The van der Waals surface area contributed by atoms with E-state index in [-0.39, 0.29) is 5.91 Å². The van der Waals surface area contributed by atoms with E-state index >= 15 is 0 Å². The van der Waals surface area contributed by atoms with Gasteiger partial charge in [0.15, 0.2) is 0 Å². The van der Waals surface area contributed by atoms with E-state index in [9.17, 15) is 9.59 Å². The Bertz CT molecular complexity index is 525. The van der Waals surface area contributed by atoms with E-state index in [2.05, 4.69) is 5.32 Å². The third kappa shape index (κ3) is 4.58. The van der Waals surface area contributed by atoms with Gasteiger partial charge in [0, 0.05) is 17.2 Å². The molecule has 0 aromatic heterocycles. The predicted octanol–water partition coefficient (Wildman–Crippen LogP) is 3.08. The Morgan fingerprint density at radius 2 is 1.89 bits per heavy atom. The van der Waals surface area contributed by atoms with E-state index in [4.69, 9.17) is 5.11 Å². The van der Waals surface area contributed by atoms with Crippen LogP contribution in [-0.4, -0.2) is 17.0 Å². The average molecular weight is 261 g/mol. The fourth-order valence-corrected chi connectivity index (χ4v) is 1.42. The first kappa shape index (κ1) is 15.0. The Labute approximate surface area is 113 Å². The summed E-state index contributed by atoms with van der Waals surface area (Å²) >= 11 is 0. The summed E-state index contributed by atoms with van der Waals surface area (Å²) in [5.74, 6) is -1.04. The van der Waals surface area contributed by atoms with Crippen molar-refractivity contribution in [3.63, 3.8) is 0 Å². The molecule has 0 unspecified atom stereocenters. The lowest BCUT2D eigenvalue weighted by atomic mass is 9.95. The molecule has 0 saturated carbocycles. The fraction of sp³-hybridized carbons (Fsp3) is 0.333. The molecule has 4 nitrogen and oxygen atoms in total. The molecule has 2 N–H and O–H groups in total. The summed E-state index contributed by atoms with van der Waals surface area (Å²) in [7, 11) is 0. The number of hydrogen-bond acceptors (Lipinski definition) is 2. The topological polar surface area (TPSA) is 66.4 Å². The number of hydrogen-bond donors (Lipinski definition) is 2. The minimum absolute atomic E-state index is 0.0549. The lowest BCUT2D eigenvalue weighted by Crippen LogP contribution is -2.27. The van der Waals surface area contributed by atoms with Gasteiger partial charge in [-0.25, -0.2) is 4.79 Å². The van der Waals surface area contributed by atoms with Crippen molar-refractivity contribution >= 4 is 23.6 Å². The number of rotatable bonds is 3. The van der Waals surface area contributed by atoms with Gasteiger partial charge in [-0.3, -0.25) is 4.79 Å². The molecule has 0 spiro atoms. The van der Waals surface area contributed by atoms with Gasteiger partial charge in [-0.05, 0) is 36.3 Å². The molecular formula is C15H19NO3. The molecule has 1 aromatic carbocycles. The summed E-state index contributed by atoms with van der Waals surface area (Å²) < 4.78 is 0. The Morgan fingerprint density at radius 1 is 1.26 bits per heavy atom. The van der Waals surface area contributed by atoms with Gasteiger partial charge in [0.25, 0.3) is 0 Å². The number of amides is 1. The molecule has 0 radical (unpaired) electrons. The summed E-state index contributed by atoms with van der Waals surface area (Å²) in [6.45, 7) is 7.41. The van der Waals surface area contributed by atoms with Crippen LogP contribution in [0.4, 0.5) is 5.69 Å². The number of benzene rings is 1. The summed E-state index contributed by atoms with van der Waals surface area (Å²) in [6.07, 6.45) is 2.63. The molecule has 0 fully saturated rings. The van der Waals surface area contributed by atoms with Gasteiger partial charge in [0.2, 0.25) is 5.91 Å². The van der Waals surface area contributed by atoms with Gasteiger partial charge >= 0.3 is 5.97 Å². The number of carbonyl (C=O) groups is 2. The second-order valence-electron chi connectivity index (χ2n) is 5.45. The van der Waals surface area contributed by atoms with Crippen LogP contribution in [0.25, 0.3) is 6.08 Å². The minimum Gasteiger partial charge on any atom is -0.478 e. The Hall–Kier alpha value is -2.10. The van der Waals surface area contributed by atoms with Crippen LogP contribution in [-0.2, 0) is 9.59 Å². The Morgan fingerprint density at radius 3 is 2.37 bits per heavy atom. The maximum absolute atomic E-state index is 11.8. The SMILES string of the molecule is Cc1cc(NC(=O)C(C)(C)C)ccc1C=CC(=O)O. The van der Waals surface area contributed by atoms with Crippen LogP contribution in [0, 0.1) is 12.3 Å². The molecule has 19 heavy (non-hydrogen) atoms. The van der Waals surface area contributed by atoms with Crippen LogP contribution < -0.4 is 5.32 Å². The molecule has 1 rings (SSSR count). The lowest BCUT2D eigenvalue weighted by Gasteiger charge is -2.18. The zero-order valence-corrected chi connectivity index (χ0v) is 11.7. The largest absolute Gasteiger partial charge is 0.478 e. The predicted molar refractivity (Wildman–Crippen MR) is 75.9 cm³/mol. The van der Waals surface area contributed by atoms with Crippen LogP contribution in [0.5, 0.6) is 0 Å². The summed E-state index contributed by atoms with van der Waals surface area (Å²) in [5, 5.41) is 11.4. The first-order valence-corrected chi connectivity index (χ1v) is 6.03. The Balaban J connectivity index is 2.89. The average Bonchev–Trinajstić information content (AvgIpc) is 2.26. The first-order chi connectivity index (χ1) is 8.70. The van der Waals surface area contributed by atoms with Crippen molar-refractivity contribution < 1.29 is 14.7 Å². The second kappa shape index (κ2) is 5.69. The monoisotopic (exact) mass is 261 g/mol. The molecule has 102 valence electrons. The molecule has 0 aliphatic carbocycles. The molecule has 0 saturated heterocycles. The first-order valence-electron chi connectivity index (χ1n) is 6.03. The maximum Gasteiger partial charge on any atom is 0.328 e. The maximum atomic E-state index is 11.8. The van der Waals surface area contributed by atoms with Gasteiger partial charge in [0.05, 0.1) is 0 Å². The smallest absolute Gasteiger partial charge is 0.328 e.